The van der Waals surface area contributed by atoms with Crippen LogP contribution in [0, 0.1) is 17.9 Å². The summed E-state index contributed by atoms with van der Waals surface area (Å²) in [6.07, 6.45) is -2.38. The van der Waals surface area contributed by atoms with Crippen LogP contribution in [0.25, 0.3) is 94.7 Å². The van der Waals surface area contributed by atoms with Crippen molar-refractivity contribution in [2.45, 2.75) is 23.4 Å². The quantitative estimate of drug-likeness (QED) is 0.0907. The van der Waals surface area contributed by atoms with E-state index < -0.39 is 30.8 Å². The summed E-state index contributed by atoms with van der Waals surface area (Å²) in [6, 6.07) is 64.2. The molecule has 0 fully saturated rings. The number of alkyl halides is 3. The molecule has 68 heavy (non-hydrogen) atoms. The van der Waals surface area contributed by atoms with E-state index >= 15 is 4.39 Å². The Morgan fingerprint density at radius 1 is 0.603 bits per heavy atom. The maximum absolute atomic E-state index is 16.0. The molecule has 0 unspecified atom stereocenters. The van der Waals surface area contributed by atoms with Crippen LogP contribution in [-0.4, -0.2) is 27.8 Å². The zero-order chi connectivity index (χ0) is 46.3. The number of aromatic nitrogens is 3. The van der Waals surface area contributed by atoms with Gasteiger partial charge in [-0.2, -0.15) is 13.2 Å². The predicted molar refractivity (Wildman–Crippen MR) is 265 cm³/mol. The largest absolute Gasteiger partial charge is 0 e. The maximum Gasteiger partial charge on any atom is 0 e. The molecule has 3 aromatic heterocycles. The minimum Gasteiger partial charge on any atom is 0 e. The van der Waals surface area contributed by atoms with Gasteiger partial charge in [-0.3, -0.25) is 4.98 Å². The SMILES string of the molecule is Fc1cccc2nc(-c3[c-]ccc4c3oc3ccc(-c5ccc(C(F)(F)F)cc5)cc34)n(-c3cc(-c4ccccc4)ccc3-c3ccccc3)c12.[CH3][Ge]([CH3])([CH3])[c]1ccc(-c2[c-]cccc2)nc1.[Ir]. The number of nitrogens with zero attached hydrogens (tertiary/aromatic N) is 3. The van der Waals surface area contributed by atoms with Gasteiger partial charge in [0.05, 0.1) is 28.0 Å². The monoisotopic (exact) mass is 1140 g/mol. The van der Waals surface area contributed by atoms with Gasteiger partial charge < -0.3 is 8.98 Å². The van der Waals surface area contributed by atoms with Crippen LogP contribution >= 0.6 is 0 Å². The fourth-order valence-electron chi connectivity index (χ4n) is 8.36. The molecular weight excluding hydrogens is 1100 g/mol. The average Bonchev–Trinajstić information content (AvgIpc) is 3.94. The molecule has 0 spiro atoms. The molecule has 337 valence electrons. The molecule has 0 saturated heterocycles. The van der Waals surface area contributed by atoms with E-state index in [9.17, 15) is 13.2 Å². The van der Waals surface area contributed by atoms with Crippen LogP contribution in [0.2, 0.25) is 17.3 Å². The van der Waals surface area contributed by atoms with E-state index in [1.807, 2.05) is 120 Å². The van der Waals surface area contributed by atoms with Gasteiger partial charge in [-0.1, -0.05) is 108 Å². The van der Waals surface area contributed by atoms with Crippen molar-refractivity contribution in [3.8, 4) is 61.7 Å². The summed E-state index contributed by atoms with van der Waals surface area (Å²) in [6.45, 7) is 0. The standard InChI is InChI=1S/C44H25F4N2O.C14H16GeN.Ir/c45-37-15-8-16-38-41(37)50(39-26-31(27-9-3-1-4-10-27)19-23-33(39)29-11-5-2-6-12-29)43(49-38)35-14-7-13-34-36-25-30(20-24-40(36)51-42(34)35)28-17-21-32(22-18-28)44(46,47)48;1-15(2,3)13-9-10-14(16-11-13)12-7-5-4-6-8-12;/h1-13,15-26H;4-7,9-11H,1-3H3;/q2*-1;. The first-order valence-electron chi connectivity index (χ1n) is 21.8. The van der Waals surface area contributed by atoms with Crippen molar-refractivity contribution in [3.05, 3.63) is 218 Å². The third-order valence-corrected chi connectivity index (χ3v) is 16.1. The first kappa shape index (κ1) is 46.2. The predicted octanol–water partition coefficient (Wildman–Crippen LogP) is 15.6. The van der Waals surface area contributed by atoms with Gasteiger partial charge in [0.1, 0.15) is 11.4 Å². The number of para-hydroxylation sites is 1. The van der Waals surface area contributed by atoms with Gasteiger partial charge in [0.25, 0.3) is 0 Å². The molecule has 0 saturated carbocycles. The number of pyridine rings is 1. The average molecular weight is 1140 g/mol. The normalized spacial score (nSPS) is 11.6. The van der Waals surface area contributed by atoms with Crippen LogP contribution in [0.1, 0.15) is 5.56 Å². The summed E-state index contributed by atoms with van der Waals surface area (Å²) < 4.78 is 65.5. The second kappa shape index (κ2) is 19.0. The summed E-state index contributed by atoms with van der Waals surface area (Å²) in [7, 11) is 0. The van der Waals surface area contributed by atoms with Crippen molar-refractivity contribution in [3.63, 3.8) is 0 Å². The van der Waals surface area contributed by atoms with Crippen molar-refractivity contribution in [1.29, 1.82) is 0 Å². The van der Waals surface area contributed by atoms with Crippen LogP contribution < -0.4 is 4.40 Å². The molecule has 0 atom stereocenters. The number of imidazole rings is 1. The molecule has 11 rings (SSSR count). The van der Waals surface area contributed by atoms with Crippen molar-refractivity contribution < 1.29 is 42.1 Å². The van der Waals surface area contributed by atoms with Gasteiger partial charge in [0.2, 0.25) is 0 Å². The third-order valence-electron chi connectivity index (χ3n) is 11.9. The number of hydrogen-bond acceptors (Lipinski definition) is 3. The Bertz CT molecular complexity index is 3530. The minimum atomic E-state index is -4.42. The van der Waals surface area contributed by atoms with Crippen LogP contribution in [0.15, 0.2) is 199 Å². The van der Waals surface area contributed by atoms with E-state index in [1.165, 1.54) is 22.6 Å². The summed E-state index contributed by atoms with van der Waals surface area (Å²) >= 11 is -1.72. The summed E-state index contributed by atoms with van der Waals surface area (Å²) in [4.78, 5) is 9.54. The summed E-state index contributed by atoms with van der Waals surface area (Å²) in [5.41, 5.74) is 9.74. The number of benzene rings is 8. The van der Waals surface area contributed by atoms with E-state index in [2.05, 4.69) is 64.7 Å². The van der Waals surface area contributed by atoms with Crippen LogP contribution in [0.3, 0.4) is 0 Å². The van der Waals surface area contributed by atoms with Crippen LogP contribution in [0.5, 0.6) is 0 Å². The van der Waals surface area contributed by atoms with Crippen molar-refractivity contribution >= 4 is 50.6 Å². The summed E-state index contributed by atoms with van der Waals surface area (Å²) in [5.74, 6) is 7.17. The second-order valence-electron chi connectivity index (χ2n) is 17.3. The molecule has 10 heteroatoms. The topological polar surface area (TPSA) is 43.9 Å². The zero-order valence-corrected chi connectivity index (χ0v) is 41.6. The Hall–Kier alpha value is -6.91. The fraction of sp³-hybridized carbons (Fsp3) is 0.0690. The van der Waals surface area contributed by atoms with E-state index in [1.54, 1.807) is 18.2 Å². The molecule has 0 aliphatic heterocycles. The van der Waals surface area contributed by atoms with Gasteiger partial charge in [-0.05, 0) is 70.3 Å². The van der Waals surface area contributed by atoms with E-state index in [0.29, 0.717) is 39.2 Å². The Labute approximate surface area is 407 Å². The minimum absolute atomic E-state index is 0. The maximum atomic E-state index is 16.0. The van der Waals surface area contributed by atoms with Gasteiger partial charge in [0, 0.05) is 36.7 Å². The van der Waals surface area contributed by atoms with Crippen molar-refractivity contribution in [2.24, 2.45) is 0 Å². The molecule has 0 aliphatic carbocycles. The molecule has 8 aromatic carbocycles. The Morgan fingerprint density at radius 2 is 1.28 bits per heavy atom. The molecule has 11 aromatic rings. The molecule has 1 radical (unpaired) electrons. The molecule has 0 N–H and O–H groups in total. The number of hydrogen-bond donors (Lipinski definition) is 0. The zero-order valence-electron chi connectivity index (χ0n) is 37.1. The smallest absolute Gasteiger partial charge is 0 e. The van der Waals surface area contributed by atoms with E-state index in [4.69, 9.17) is 9.40 Å². The summed E-state index contributed by atoms with van der Waals surface area (Å²) in [5, 5.41) is 1.55. The van der Waals surface area contributed by atoms with E-state index in [-0.39, 0.29) is 20.1 Å². The first-order valence-corrected chi connectivity index (χ1v) is 29.2. The van der Waals surface area contributed by atoms with Gasteiger partial charge >= 0.3 is 106 Å². The van der Waals surface area contributed by atoms with Crippen LogP contribution in [0.4, 0.5) is 17.6 Å². The van der Waals surface area contributed by atoms with Crippen molar-refractivity contribution in [2.75, 3.05) is 0 Å². The van der Waals surface area contributed by atoms with Gasteiger partial charge in [-0.15, -0.1) is 18.2 Å². The molecule has 0 aliphatic rings. The molecule has 0 amide bonds. The van der Waals surface area contributed by atoms with Crippen LogP contribution in [-0.2, 0) is 26.3 Å². The Kier molecular flexibility index (Phi) is 12.9. The number of fused-ring (bicyclic) bond motifs is 4. The van der Waals surface area contributed by atoms with Gasteiger partial charge in [-0.25, -0.2) is 4.39 Å². The first-order chi connectivity index (χ1) is 32.4. The molecule has 4 nitrogen and oxygen atoms in total. The Morgan fingerprint density at radius 3 is 1.96 bits per heavy atom. The number of rotatable bonds is 7. The fourth-order valence-corrected chi connectivity index (χ4v) is 10.5. The second-order valence-corrected chi connectivity index (χ2v) is 27.9. The molecule has 3 heterocycles. The Balaban J connectivity index is 0.000000289. The number of furan rings is 1. The van der Waals surface area contributed by atoms with Gasteiger partial charge in [0.15, 0.2) is 0 Å². The van der Waals surface area contributed by atoms with Crippen molar-refractivity contribution in [1.82, 2.24) is 14.5 Å². The number of halogens is 4. The van der Waals surface area contributed by atoms with E-state index in [0.717, 1.165) is 67.7 Å². The third kappa shape index (κ3) is 9.22. The molecular formula is C58H41F4GeIrN3O-2. The molecule has 0 bridgehead atoms.